The molecule has 0 atom stereocenters. The predicted octanol–water partition coefficient (Wildman–Crippen LogP) is 2.28. The highest BCUT2D eigenvalue weighted by Gasteiger charge is 2.18. The summed E-state index contributed by atoms with van der Waals surface area (Å²) in [7, 11) is 0. The van der Waals surface area contributed by atoms with E-state index in [9.17, 15) is 4.79 Å². The van der Waals surface area contributed by atoms with Crippen LogP contribution in [0.1, 0.15) is 11.3 Å². The number of nitrogens with one attached hydrogen (secondary N) is 1. The zero-order valence-corrected chi connectivity index (χ0v) is 14.9. The number of para-hydroxylation sites is 2. The normalized spacial score (nSPS) is 16.2. The molecule has 1 aromatic heterocycles. The lowest BCUT2D eigenvalue weighted by Crippen LogP contribution is -2.47. The first-order valence-corrected chi connectivity index (χ1v) is 9.24. The molecule has 3 aromatic rings. The lowest BCUT2D eigenvalue weighted by Gasteiger charge is -2.34. The highest BCUT2D eigenvalue weighted by molar-refractivity contribution is 5.73. The van der Waals surface area contributed by atoms with Crippen LogP contribution in [0, 0.1) is 0 Å². The van der Waals surface area contributed by atoms with Gasteiger partial charge in [-0.25, -0.2) is 4.98 Å². The van der Waals surface area contributed by atoms with Gasteiger partial charge in [-0.1, -0.05) is 42.5 Å². The molecule has 134 valence electrons. The van der Waals surface area contributed by atoms with Gasteiger partial charge in [-0.05, 0) is 24.1 Å². The Morgan fingerprint density at radius 2 is 1.58 bits per heavy atom. The second kappa shape index (κ2) is 7.81. The lowest BCUT2D eigenvalue weighted by molar-refractivity contribution is 0.127. The molecule has 4 rings (SSSR count). The molecule has 0 amide bonds. The first kappa shape index (κ1) is 16.9. The van der Waals surface area contributed by atoms with Gasteiger partial charge in [0.05, 0.1) is 11.0 Å². The average Bonchev–Trinajstić information content (AvgIpc) is 2.69. The Bertz CT molecular complexity index is 914. The van der Waals surface area contributed by atoms with Crippen molar-refractivity contribution < 1.29 is 0 Å². The smallest absolute Gasteiger partial charge is 0.271 e. The number of aromatic amines is 1. The van der Waals surface area contributed by atoms with Crippen LogP contribution in [0.25, 0.3) is 11.0 Å². The number of hydrogen-bond acceptors (Lipinski definition) is 4. The van der Waals surface area contributed by atoms with Crippen molar-refractivity contribution >= 4 is 11.0 Å². The zero-order valence-electron chi connectivity index (χ0n) is 14.9. The summed E-state index contributed by atoms with van der Waals surface area (Å²) in [5, 5.41) is 0. The lowest BCUT2D eigenvalue weighted by atomic mass is 10.1. The van der Waals surface area contributed by atoms with Crippen LogP contribution < -0.4 is 5.56 Å². The number of rotatable bonds is 5. The van der Waals surface area contributed by atoms with E-state index in [-0.39, 0.29) is 5.56 Å². The topological polar surface area (TPSA) is 52.2 Å². The van der Waals surface area contributed by atoms with E-state index in [1.165, 1.54) is 5.56 Å². The number of aromatic nitrogens is 2. The fourth-order valence-electron chi connectivity index (χ4n) is 3.49. The van der Waals surface area contributed by atoms with Crippen LogP contribution in [-0.2, 0) is 13.0 Å². The van der Waals surface area contributed by atoms with E-state index in [2.05, 4.69) is 50.1 Å². The number of benzene rings is 2. The van der Waals surface area contributed by atoms with E-state index in [1.54, 1.807) is 0 Å². The molecule has 5 nitrogen and oxygen atoms in total. The van der Waals surface area contributed by atoms with Gasteiger partial charge in [0.1, 0.15) is 5.69 Å². The third-order valence-electron chi connectivity index (χ3n) is 5.07. The molecule has 0 radical (unpaired) electrons. The van der Waals surface area contributed by atoms with E-state index in [4.69, 9.17) is 0 Å². The molecule has 26 heavy (non-hydrogen) atoms. The SMILES string of the molecule is O=c1[nH]c2ccccc2nc1CN1CCN(CCc2ccccc2)CC1. The molecule has 1 aliphatic rings. The molecule has 0 bridgehead atoms. The Balaban J connectivity index is 1.32. The highest BCUT2D eigenvalue weighted by Crippen LogP contribution is 2.10. The van der Waals surface area contributed by atoms with Crippen LogP contribution in [0.4, 0.5) is 0 Å². The molecular weight excluding hydrogens is 324 g/mol. The first-order valence-electron chi connectivity index (χ1n) is 9.24. The number of hydrogen-bond donors (Lipinski definition) is 1. The minimum Gasteiger partial charge on any atom is -0.319 e. The Morgan fingerprint density at radius 3 is 2.38 bits per heavy atom. The summed E-state index contributed by atoms with van der Waals surface area (Å²) in [6, 6.07) is 18.3. The van der Waals surface area contributed by atoms with Crippen molar-refractivity contribution in [2.24, 2.45) is 0 Å². The Kier molecular flexibility index (Phi) is 5.09. The third kappa shape index (κ3) is 4.00. The van der Waals surface area contributed by atoms with Crippen molar-refractivity contribution in [2.75, 3.05) is 32.7 Å². The summed E-state index contributed by atoms with van der Waals surface area (Å²) < 4.78 is 0. The van der Waals surface area contributed by atoms with Crippen LogP contribution >= 0.6 is 0 Å². The van der Waals surface area contributed by atoms with Gasteiger partial charge in [0.25, 0.3) is 5.56 Å². The molecule has 0 saturated carbocycles. The number of nitrogens with zero attached hydrogens (tertiary/aromatic N) is 3. The van der Waals surface area contributed by atoms with Crippen molar-refractivity contribution in [3.63, 3.8) is 0 Å². The zero-order chi connectivity index (χ0) is 17.8. The van der Waals surface area contributed by atoms with Crippen molar-refractivity contribution in [1.82, 2.24) is 19.8 Å². The molecule has 1 N–H and O–H groups in total. The van der Waals surface area contributed by atoms with E-state index in [0.29, 0.717) is 12.2 Å². The minimum atomic E-state index is -0.0739. The first-order chi connectivity index (χ1) is 12.8. The number of piperazine rings is 1. The molecule has 5 heteroatoms. The van der Waals surface area contributed by atoms with Crippen LogP contribution in [0.3, 0.4) is 0 Å². The van der Waals surface area contributed by atoms with Gasteiger partial charge in [-0.2, -0.15) is 0 Å². The summed E-state index contributed by atoms with van der Waals surface area (Å²) in [5.74, 6) is 0. The van der Waals surface area contributed by atoms with Crippen molar-refractivity contribution in [3.8, 4) is 0 Å². The van der Waals surface area contributed by atoms with Gasteiger partial charge in [0, 0.05) is 39.3 Å². The van der Waals surface area contributed by atoms with Gasteiger partial charge >= 0.3 is 0 Å². The summed E-state index contributed by atoms with van der Waals surface area (Å²) in [5.41, 5.74) is 3.58. The Hall–Kier alpha value is -2.50. The van der Waals surface area contributed by atoms with Gasteiger partial charge < -0.3 is 9.88 Å². The van der Waals surface area contributed by atoms with E-state index < -0.39 is 0 Å². The maximum absolute atomic E-state index is 12.3. The molecule has 1 fully saturated rings. The molecule has 0 unspecified atom stereocenters. The Morgan fingerprint density at radius 1 is 0.885 bits per heavy atom. The molecule has 2 aromatic carbocycles. The molecule has 0 aliphatic carbocycles. The summed E-state index contributed by atoms with van der Waals surface area (Å²) in [6.45, 7) is 5.74. The third-order valence-corrected chi connectivity index (χ3v) is 5.07. The maximum atomic E-state index is 12.3. The number of fused-ring (bicyclic) bond motifs is 1. The quantitative estimate of drug-likeness (QED) is 0.769. The van der Waals surface area contributed by atoms with E-state index in [0.717, 1.165) is 50.2 Å². The van der Waals surface area contributed by atoms with Gasteiger partial charge in [0.15, 0.2) is 0 Å². The van der Waals surface area contributed by atoms with Gasteiger partial charge in [-0.15, -0.1) is 0 Å². The second-order valence-electron chi connectivity index (χ2n) is 6.88. The van der Waals surface area contributed by atoms with Crippen molar-refractivity contribution in [3.05, 3.63) is 76.2 Å². The average molecular weight is 348 g/mol. The number of H-pyrrole nitrogens is 1. The Labute approximate surface area is 153 Å². The van der Waals surface area contributed by atoms with Crippen LogP contribution in [0.2, 0.25) is 0 Å². The fraction of sp³-hybridized carbons (Fsp3) is 0.333. The van der Waals surface area contributed by atoms with Crippen LogP contribution in [0.5, 0.6) is 0 Å². The van der Waals surface area contributed by atoms with Crippen LogP contribution in [0.15, 0.2) is 59.4 Å². The second-order valence-corrected chi connectivity index (χ2v) is 6.88. The molecule has 1 aliphatic heterocycles. The standard InChI is InChI=1S/C21H24N4O/c26-21-20(22-18-8-4-5-9-19(18)23-21)16-25-14-12-24(13-15-25)11-10-17-6-2-1-3-7-17/h1-9H,10-16H2,(H,23,26). The van der Waals surface area contributed by atoms with E-state index in [1.807, 2.05) is 24.3 Å². The molecule has 2 heterocycles. The highest BCUT2D eigenvalue weighted by atomic mass is 16.1. The van der Waals surface area contributed by atoms with Gasteiger partial charge in [0.2, 0.25) is 0 Å². The van der Waals surface area contributed by atoms with Crippen molar-refractivity contribution in [2.45, 2.75) is 13.0 Å². The summed E-state index contributed by atoms with van der Waals surface area (Å²) in [6.07, 6.45) is 1.09. The maximum Gasteiger partial charge on any atom is 0.271 e. The molecule has 0 spiro atoms. The summed E-state index contributed by atoms with van der Waals surface area (Å²) >= 11 is 0. The van der Waals surface area contributed by atoms with Crippen LogP contribution in [-0.4, -0.2) is 52.5 Å². The predicted molar refractivity (Wildman–Crippen MR) is 104 cm³/mol. The fourth-order valence-corrected chi connectivity index (χ4v) is 3.49. The van der Waals surface area contributed by atoms with E-state index >= 15 is 0 Å². The molecule has 1 saturated heterocycles. The largest absolute Gasteiger partial charge is 0.319 e. The van der Waals surface area contributed by atoms with Crippen molar-refractivity contribution in [1.29, 1.82) is 0 Å². The van der Waals surface area contributed by atoms with Gasteiger partial charge in [-0.3, -0.25) is 9.69 Å². The monoisotopic (exact) mass is 348 g/mol. The minimum absolute atomic E-state index is 0.0739. The summed E-state index contributed by atoms with van der Waals surface area (Å²) in [4.78, 5) is 24.6. The molecular formula is C21H24N4O.